The Morgan fingerprint density at radius 2 is 2.20 bits per heavy atom. The number of carbonyl (C=O) groups excluding carboxylic acids is 1. The highest BCUT2D eigenvalue weighted by Crippen LogP contribution is 2.27. The van der Waals surface area contributed by atoms with Crippen molar-refractivity contribution in [3.63, 3.8) is 0 Å². The molecular weight excluding hydrogens is 208 g/mol. The first kappa shape index (κ1) is 10.6. The first-order valence-electron chi connectivity index (χ1n) is 5.11. The molecule has 0 bridgehead atoms. The van der Waals surface area contributed by atoms with E-state index in [-0.39, 0.29) is 5.97 Å². The summed E-state index contributed by atoms with van der Waals surface area (Å²) in [4.78, 5) is 12.1. The van der Waals surface area contributed by atoms with Crippen LogP contribution in [0.25, 0.3) is 0 Å². The normalized spacial score (nSPS) is 13.7. The summed E-state index contributed by atoms with van der Waals surface area (Å²) in [6.07, 6.45) is 3.65. The van der Waals surface area contributed by atoms with Gasteiger partial charge in [-0.05, 0) is 42.5 Å². The van der Waals surface area contributed by atoms with Gasteiger partial charge in [-0.15, -0.1) is 11.8 Å². The molecule has 0 atom stereocenters. The van der Waals surface area contributed by atoms with E-state index in [9.17, 15) is 4.79 Å². The first-order valence-corrected chi connectivity index (χ1v) is 6.09. The Labute approximate surface area is 94.0 Å². The number of esters is 1. The molecule has 0 saturated heterocycles. The standard InChI is InChI=1S/C12H14O2S/c1-14-12(13)8-15-11-6-5-9-3-2-4-10(9)7-11/h5-7H,2-4,8H2,1H3. The lowest BCUT2D eigenvalue weighted by Gasteiger charge is -2.03. The lowest BCUT2D eigenvalue weighted by Crippen LogP contribution is -2.02. The first-order chi connectivity index (χ1) is 7.29. The predicted molar refractivity (Wildman–Crippen MR) is 61.2 cm³/mol. The summed E-state index contributed by atoms with van der Waals surface area (Å²) in [6.45, 7) is 0. The fraction of sp³-hybridized carbons (Fsp3) is 0.417. The summed E-state index contributed by atoms with van der Waals surface area (Å²) in [5.41, 5.74) is 2.92. The SMILES string of the molecule is COC(=O)CSc1ccc2c(c1)CCC2. The molecule has 0 heterocycles. The lowest BCUT2D eigenvalue weighted by molar-refractivity contribution is -0.137. The molecule has 0 saturated carbocycles. The van der Waals surface area contributed by atoms with Gasteiger partial charge >= 0.3 is 5.97 Å². The molecule has 1 aliphatic rings. The van der Waals surface area contributed by atoms with E-state index >= 15 is 0 Å². The van der Waals surface area contributed by atoms with Crippen molar-refractivity contribution < 1.29 is 9.53 Å². The van der Waals surface area contributed by atoms with Crippen LogP contribution in [0.1, 0.15) is 17.5 Å². The third kappa shape index (κ3) is 2.53. The van der Waals surface area contributed by atoms with Crippen molar-refractivity contribution in [3.8, 4) is 0 Å². The van der Waals surface area contributed by atoms with Crippen molar-refractivity contribution in [3.05, 3.63) is 29.3 Å². The quantitative estimate of drug-likeness (QED) is 0.580. The van der Waals surface area contributed by atoms with Gasteiger partial charge in [0.25, 0.3) is 0 Å². The Morgan fingerprint density at radius 1 is 1.40 bits per heavy atom. The average molecular weight is 222 g/mol. The summed E-state index contributed by atoms with van der Waals surface area (Å²) in [5, 5.41) is 0. The zero-order valence-corrected chi connectivity index (χ0v) is 9.60. The highest BCUT2D eigenvalue weighted by molar-refractivity contribution is 8.00. The second kappa shape index (κ2) is 4.71. The van der Waals surface area contributed by atoms with E-state index in [2.05, 4.69) is 22.9 Å². The zero-order valence-electron chi connectivity index (χ0n) is 8.79. The number of aryl methyl sites for hydroxylation is 2. The third-order valence-electron chi connectivity index (χ3n) is 2.65. The monoisotopic (exact) mass is 222 g/mol. The molecule has 2 nitrogen and oxygen atoms in total. The molecule has 0 spiro atoms. The fourth-order valence-corrected chi connectivity index (χ4v) is 2.63. The van der Waals surface area contributed by atoms with Crippen LogP contribution >= 0.6 is 11.8 Å². The van der Waals surface area contributed by atoms with Crippen LogP contribution in [-0.4, -0.2) is 18.8 Å². The van der Waals surface area contributed by atoms with Crippen molar-refractivity contribution in [2.24, 2.45) is 0 Å². The summed E-state index contributed by atoms with van der Waals surface area (Å²) < 4.78 is 4.60. The molecular formula is C12H14O2S. The van der Waals surface area contributed by atoms with Gasteiger partial charge in [0.1, 0.15) is 0 Å². The second-order valence-electron chi connectivity index (χ2n) is 3.65. The van der Waals surface area contributed by atoms with E-state index in [1.165, 1.54) is 42.4 Å². The number of benzene rings is 1. The Balaban J connectivity index is 2.01. The van der Waals surface area contributed by atoms with Gasteiger partial charge in [-0.2, -0.15) is 0 Å². The smallest absolute Gasteiger partial charge is 0.315 e. The van der Waals surface area contributed by atoms with Crippen LogP contribution in [0.5, 0.6) is 0 Å². The van der Waals surface area contributed by atoms with Gasteiger partial charge in [0, 0.05) is 4.90 Å². The summed E-state index contributed by atoms with van der Waals surface area (Å²) in [7, 11) is 1.42. The molecule has 15 heavy (non-hydrogen) atoms. The van der Waals surface area contributed by atoms with Gasteiger partial charge in [0.15, 0.2) is 0 Å². The van der Waals surface area contributed by atoms with Crippen LogP contribution in [0.4, 0.5) is 0 Å². The molecule has 1 aromatic rings. The van der Waals surface area contributed by atoms with E-state index < -0.39 is 0 Å². The molecule has 0 radical (unpaired) electrons. The molecule has 0 amide bonds. The number of rotatable bonds is 3. The largest absolute Gasteiger partial charge is 0.468 e. The van der Waals surface area contributed by atoms with Gasteiger partial charge in [-0.1, -0.05) is 6.07 Å². The van der Waals surface area contributed by atoms with E-state index in [1.807, 2.05) is 0 Å². The zero-order chi connectivity index (χ0) is 10.7. The van der Waals surface area contributed by atoms with Gasteiger partial charge in [-0.3, -0.25) is 4.79 Å². The summed E-state index contributed by atoms with van der Waals surface area (Å²) >= 11 is 1.54. The van der Waals surface area contributed by atoms with E-state index in [1.54, 1.807) is 11.8 Å². The lowest BCUT2D eigenvalue weighted by atomic mass is 10.1. The highest BCUT2D eigenvalue weighted by atomic mass is 32.2. The Hall–Kier alpha value is -0.960. The topological polar surface area (TPSA) is 26.3 Å². The maximum Gasteiger partial charge on any atom is 0.315 e. The number of hydrogen-bond acceptors (Lipinski definition) is 3. The molecule has 1 aliphatic carbocycles. The number of fused-ring (bicyclic) bond motifs is 1. The van der Waals surface area contributed by atoms with Crippen LogP contribution < -0.4 is 0 Å². The summed E-state index contributed by atoms with van der Waals surface area (Å²) in [5.74, 6) is 0.232. The highest BCUT2D eigenvalue weighted by Gasteiger charge is 2.11. The average Bonchev–Trinajstić information content (AvgIpc) is 2.72. The van der Waals surface area contributed by atoms with Crippen molar-refractivity contribution in [2.75, 3.05) is 12.9 Å². The van der Waals surface area contributed by atoms with E-state index in [4.69, 9.17) is 0 Å². The second-order valence-corrected chi connectivity index (χ2v) is 4.70. The maximum absolute atomic E-state index is 11.0. The molecule has 3 heteroatoms. The van der Waals surface area contributed by atoms with E-state index in [0.717, 1.165) is 0 Å². The molecule has 0 unspecified atom stereocenters. The van der Waals surface area contributed by atoms with Crippen LogP contribution in [0, 0.1) is 0 Å². The molecule has 1 aromatic carbocycles. The van der Waals surface area contributed by atoms with Crippen molar-refractivity contribution in [2.45, 2.75) is 24.2 Å². The van der Waals surface area contributed by atoms with Crippen LogP contribution in [-0.2, 0) is 22.4 Å². The number of ether oxygens (including phenoxy) is 1. The third-order valence-corrected chi connectivity index (χ3v) is 3.62. The number of hydrogen-bond donors (Lipinski definition) is 0. The van der Waals surface area contributed by atoms with Crippen LogP contribution in [0.3, 0.4) is 0 Å². The van der Waals surface area contributed by atoms with Gasteiger partial charge < -0.3 is 4.74 Å². The Bertz CT molecular complexity index is 374. The minimum Gasteiger partial charge on any atom is -0.468 e. The van der Waals surface area contributed by atoms with Crippen molar-refractivity contribution >= 4 is 17.7 Å². The van der Waals surface area contributed by atoms with Crippen LogP contribution in [0.2, 0.25) is 0 Å². The van der Waals surface area contributed by atoms with Crippen LogP contribution in [0.15, 0.2) is 23.1 Å². The van der Waals surface area contributed by atoms with Crippen molar-refractivity contribution in [1.29, 1.82) is 0 Å². The van der Waals surface area contributed by atoms with Gasteiger partial charge in [-0.25, -0.2) is 0 Å². The number of methoxy groups -OCH3 is 1. The molecule has 0 aromatic heterocycles. The maximum atomic E-state index is 11.0. The Kier molecular flexibility index (Phi) is 3.31. The Morgan fingerprint density at radius 3 is 3.00 bits per heavy atom. The molecule has 0 fully saturated rings. The van der Waals surface area contributed by atoms with Gasteiger partial charge in [0.2, 0.25) is 0 Å². The minimum atomic E-state index is -0.166. The summed E-state index contributed by atoms with van der Waals surface area (Å²) in [6, 6.07) is 6.48. The van der Waals surface area contributed by atoms with Gasteiger partial charge in [0.05, 0.1) is 12.9 Å². The molecule has 0 N–H and O–H groups in total. The molecule has 2 rings (SSSR count). The van der Waals surface area contributed by atoms with E-state index in [0.29, 0.717) is 5.75 Å². The fourth-order valence-electron chi connectivity index (χ4n) is 1.84. The number of thioether (sulfide) groups is 1. The van der Waals surface area contributed by atoms with Crippen molar-refractivity contribution in [1.82, 2.24) is 0 Å². The molecule has 80 valence electrons. The molecule has 0 aliphatic heterocycles. The predicted octanol–water partition coefficient (Wildman–Crippen LogP) is 2.44. The minimum absolute atomic E-state index is 0.166. The number of carbonyl (C=O) groups is 1.